The Morgan fingerprint density at radius 1 is 0.765 bits per heavy atom. The third-order valence-corrected chi connectivity index (χ3v) is 3.13. The van der Waals surface area contributed by atoms with E-state index in [1.165, 1.54) is 17.8 Å². The molecule has 2 heteroatoms. The summed E-state index contributed by atoms with van der Waals surface area (Å²) in [4.78, 5) is 2.37. The highest BCUT2D eigenvalue weighted by atomic mass is 31.0. The highest BCUT2D eigenvalue weighted by Gasteiger charge is 2.07. The Balaban J connectivity index is 2.26. The van der Waals surface area contributed by atoms with Crippen LogP contribution < -0.4 is 4.90 Å². The lowest BCUT2D eigenvalue weighted by molar-refractivity contribution is 0.894. The monoisotopic (exact) mass is 243 g/mol. The van der Waals surface area contributed by atoms with Crippen molar-refractivity contribution in [1.82, 2.24) is 0 Å². The summed E-state index contributed by atoms with van der Waals surface area (Å²) in [6.07, 6.45) is 2.31. The molecule has 0 spiro atoms. The van der Waals surface area contributed by atoms with E-state index in [-0.39, 0.29) is 0 Å². The van der Waals surface area contributed by atoms with Gasteiger partial charge in [-0.2, -0.15) is 0 Å². The van der Waals surface area contributed by atoms with E-state index >= 15 is 0 Å². The molecule has 0 aliphatic heterocycles. The largest absolute Gasteiger partial charge is 0.341 e. The normalized spacial score (nSPS) is 10.2. The maximum Gasteiger partial charge on any atom is 0.0410 e. The molecule has 2 aromatic rings. The van der Waals surface area contributed by atoms with Gasteiger partial charge in [0.2, 0.25) is 0 Å². The van der Waals surface area contributed by atoms with Crippen LogP contribution in [-0.4, -0.2) is 12.7 Å². The summed E-state index contributed by atoms with van der Waals surface area (Å²) >= 11 is 0. The first kappa shape index (κ1) is 12.1. The molecule has 0 fully saturated rings. The van der Waals surface area contributed by atoms with Crippen molar-refractivity contribution in [3.05, 3.63) is 60.7 Å². The lowest BCUT2D eigenvalue weighted by Gasteiger charge is -2.24. The van der Waals surface area contributed by atoms with Gasteiger partial charge in [-0.15, -0.1) is 9.24 Å². The molecule has 0 saturated heterocycles. The van der Waals surface area contributed by atoms with Gasteiger partial charge in [-0.25, -0.2) is 0 Å². The molecule has 0 amide bonds. The van der Waals surface area contributed by atoms with Gasteiger partial charge in [-0.3, -0.25) is 0 Å². The summed E-state index contributed by atoms with van der Waals surface area (Å²) in [6.45, 7) is 1.05. The van der Waals surface area contributed by atoms with Crippen molar-refractivity contribution in [1.29, 1.82) is 0 Å². The van der Waals surface area contributed by atoms with Crippen molar-refractivity contribution in [2.45, 2.75) is 6.42 Å². The number of para-hydroxylation sites is 2. The van der Waals surface area contributed by atoms with Crippen LogP contribution in [0.4, 0.5) is 11.4 Å². The Kier molecular flexibility index (Phi) is 4.58. The van der Waals surface area contributed by atoms with E-state index in [2.05, 4.69) is 74.8 Å². The van der Waals surface area contributed by atoms with Gasteiger partial charge in [0.1, 0.15) is 0 Å². The molecule has 2 rings (SSSR count). The predicted octanol–water partition coefficient (Wildman–Crippen LogP) is 4.09. The second-order valence-corrected chi connectivity index (χ2v) is 4.54. The molecule has 0 radical (unpaired) electrons. The van der Waals surface area contributed by atoms with E-state index in [0.29, 0.717) is 0 Å². The molecule has 0 bridgehead atoms. The van der Waals surface area contributed by atoms with Crippen LogP contribution in [0.1, 0.15) is 6.42 Å². The number of anilines is 2. The molecule has 0 saturated carbocycles. The molecule has 1 atom stereocenters. The van der Waals surface area contributed by atoms with Gasteiger partial charge in [0.25, 0.3) is 0 Å². The van der Waals surface area contributed by atoms with Crippen molar-refractivity contribution in [2.24, 2.45) is 0 Å². The highest BCUT2D eigenvalue weighted by Crippen LogP contribution is 2.24. The summed E-state index contributed by atoms with van der Waals surface area (Å²) < 4.78 is 0. The maximum atomic E-state index is 2.79. The Bertz CT molecular complexity index is 388. The molecular formula is C15H18NP. The first-order valence-electron chi connectivity index (χ1n) is 5.99. The third kappa shape index (κ3) is 3.31. The smallest absolute Gasteiger partial charge is 0.0410 e. The van der Waals surface area contributed by atoms with Crippen LogP contribution in [0, 0.1) is 0 Å². The molecule has 2 aromatic carbocycles. The van der Waals surface area contributed by atoms with E-state index in [0.717, 1.165) is 12.7 Å². The van der Waals surface area contributed by atoms with Crippen LogP contribution in [0.5, 0.6) is 0 Å². The average Bonchev–Trinajstić information content (AvgIpc) is 2.42. The van der Waals surface area contributed by atoms with Crippen LogP contribution in [0.25, 0.3) is 0 Å². The number of hydrogen-bond acceptors (Lipinski definition) is 1. The zero-order valence-corrected chi connectivity index (χ0v) is 11.1. The van der Waals surface area contributed by atoms with Gasteiger partial charge in [0.15, 0.2) is 0 Å². The van der Waals surface area contributed by atoms with Crippen molar-refractivity contribution in [3.8, 4) is 0 Å². The van der Waals surface area contributed by atoms with Crippen molar-refractivity contribution in [2.75, 3.05) is 17.6 Å². The summed E-state index contributed by atoms with van der Waals surface area (Å²) in [5.74, 6) is 0. The van der Waals surface area contributed by atoms with Gasteiger partial charge >= 0.3 is 0 Å². The summed E-state index contributed by atoms with van der Waals surface area (Å²) in [7, 11) is 2.79. The SMILES string of the molecule is PCCCN(c1ccccc1)c1ccccc1. The van der Waals surface area contributed by atoms with E-state index in [1.54, 1.807) is 0 Å². The molecule has 0 N–H and O–H groups in total. The Hall–Kier alpha value is -1.33. The fraction of sp³-hybridized carbons (Fsp3) is 0.200. The molecule has 88 valence electrons. The number of hydrogen-bond donors (Lipinski definition) is 0. The molecule has 17 heavy (non-hydrogen) atoms. The van der Waals surface area contributed by atoms with Crippen molar-refractivity contribution >= 4 is 20.6 Å². The first-order valence-corrected chi connectivity index (χ1v) is 6.81. The maximum absolute atomic E-state index is 2.79. The number of rotatable bonds is 5. The molecule has 0 aliphatic carbocycles. The predicted molar refractivity (Wildman–Crippen MR) is 79.1 cm³/mol. The second-order valence-electron chi connectivity index (χ2n) is 3.96. The van der Waals surface area contributed by atoms with Crippen molar-refractivity contribution in [3.63, 3.8) is 0 Å². The molecule has 0 aromatic heterocycles. The topological polar surface area (TPSA) is 3.24 Å². The zero-order valence-electron chi connectivity index (χ0n) is 9.92. The lowest BCUT2D eigenvalue weighted by atomic mass is 10.2. The molecular weight excluding hydrogens is 225 g/mol. The van der Waals surface area contributed by atoms with E-state index < -0.39 is 0 Å². The van der Waals surface area contributed by atoms with Gasteiger partial charge < -0.3 is 4.90 Å². The summed E-state index contributed by atoms with van der Waals surface area (Å²) in [5, 5.41) is 0. The Morgan fingerprint density at radius 2 is 1.24 bits per heavy atom. The molecule has 1 unspecified atom stereocenters. The van der Waals surface area contributed by atoms with Crippen LogP contribution >= 0.6 is 9.24 Å². The standard InChI is InChI=1S/C15H18NP/c17-13-7-12-16(14-8-3-1-4-9-14)15-10-5-2-6-11-15/h1-6,8-11H,7,12-13,17H2. The number of nitrogens with zero attached hydrogens (tertiary/aromatic N) is 1. The van der Waals surface area contributed by atoms with Crippen LogP contribution in [0.2, 0.25) is 0 Å². The van der Waals surface area contributed by atoms with Crippen molar-refractivity contribution < 1.29 is 0 Å². The van der Waals surface area contributed by atoms with E-state index in [9.17, 15) is 0 Å². The summed E-state index contributed by atoms with van der Waals surface area (Å²) in [5.41, 5.74) is 2.52. The van der Waals surface area contributed by atoms with Crippen LogP contribution in [-0.2, 0) is 0 Å². The zero-order chi connectivity index (χ0) is 11.9. The molecule has 0 heterocycles. The Morgan fingerprint density at radius 3 is 1.65 bits per heavy atom. The second kappa shape index (κ2) is 6.42. The van der Waals surface area contributed by atoms with Gasteiger partial charge in [0, 0.05) is 17.9 Å². The molecule has 0 aliphatic rings. The molecule has 1 nitrogen and oxygen atoms in total. The number of benzene rings is 2. The first-order chi connectivity index (χ1) is 8.42. The minimum Gasteiger partial charge on any atom is -0.341 e. The van der Waals surface area contributed by atoms with E-state index in [4.69, 9.17) is 0 Å². The Labute approximate surface area is 106 Å². The summed E-state index contributed by atoms with van der Waals surface area (Å²) in [6, 6.07) is 21.1. The van der Waals surface area contributed by atoms with Crippen LogP contribution in [0.3, 0.4) is 0 Å². The minimum atomic E-state index is 1.05. The van der Waals surface area contributed by atoms with Gasteiger partial charge in [-0.05, 0) is 36.8 Å². The minimum absolute atomic E-state index is 1.05. The van der Waals surface area contributed by atoms with Gasteiger partial charge in [0.05, 0.1) is 0 Å². The quantitative estimate of drug-likeness (QED) is 0.715. The fourth-order valence-corrected chi connectivity index (χ4v) is 2.06. The third-order valence-electron chi connectivity index (χ3n) is 2.72. The lowest BCUT2D eigenvalue weighted by Crippen LogP contribution is -2.18. The van der Waals surface area contributed by atoms with Crippen LogP contribution in [0.15, 0.2) is 60.7 Å². The average molecular weight is 243 g/mol. The fourth-order valence-electron chi connectivity index (χ4n) is 1.87. The highest BCUT2D eigenvalue weighted by molar-refractivity contribution is 7.16. The van der Waals surface area contributed by atoms with E-state index in [1.807, 2.05) is 0 Å². The van der Waals surface area contributed by atoms with Gasteiger partial charge in [-0.1, -0.05) is 36.4 Å².